The number of rotatable bonds is 16. The van der Waals surface area contributed by atoms with Crippen molar-refractivity contribution >= 4 is 21.6 Å². The standard InChI is InChI=1S/C23H37N3OS/c1-2-3-4-5-6-7-8-9-10-11-12-13-14-17-20-26-21-18-15-16-19-22(21)28-23(26)24-25-27/h15-16,18-19H,2-14,17,20H2,1H3/b24-23+. The smallest absolute Gasteiger partial charge is 0.215 e. The van der Waals surface area contributed by atoms with Crippen molar-refractivity contribution in [2.75, 3.05) is 0 Å². The van der Waals surface area contributed by atoms with Crippen molar-refractivity contribution < 1.29 is 0 Å². The van der Waals surface area contributed by atoms with Crippen LogP contribution in [0.2, 0.25) is 0 Å². The number of thiazole rings is 1. The molecule has 0 N–H and O–H groups in total. The van der Waals surface area contributed by atoms with Crippen LogP contribution >= 0.6 is 11.3 Å². The van der Waals surface area contributed by atoms with Crippen molar-refractivity contribution in [3.63, 3.8) is 0 Å². The minimum Gasteiger partial charge on any atom is -0.315 e. The first-order valence-electron chi connectivity index (χ1n) is 11.3. The summed E-state index contributed by atoms with van der Waals surface area (Å²) in [6.07, 6.45) is 19.1. The van der Waals surface area contributed by atoms with Gasteiger partial charge in [0.15, 0.2) is 0 Å². The first-order valence-corrected chi connectivity index (χ1v) is 12.1. The molecule has 0 aliphatic carbocycles. The molecular weight excluding hydrogens is 366 g/mol. The summed E-state index contributed by atoms with van der Waals surface area (Å²) in [4.78, 5) is 11.3. The number of aryl methyl sites for hydroxylation is 1. The van der Waals surface area contributed by atoms with Crippen LogP contribution in [0.25, 0.3) is 10.2 Å². The van der Waals surface area contributed by atoms with Crippen molar-refractivity contribution in [3.05, 3.63) is 34.0 Å². The van der Waals surface area contributed by atoms with Crippen LogP contribution in [0.15, 0.2) is 34.7 Å². The van der Waals surface area contributed by atoms with Crippen molar-refractivity contribution in [2.45, 2.75) is 103 Å². The van der Waals surface area contributed by atoms with Crippen molar-refractivity contribution in [3.8, 4) is 0 Å². The van der Waals surface area contributed by atoms with Crippen LogP contribution in [0, 0.1) is 4.91 Å². The van der Waals surface area contributed by atoms with E-state index in [1.807, 2.05) is 12.1 Å². The number of hydrogen-bond acceptors (Lipinski definition) is 3. The van der Waals surface area contributed by atoms with Gasteiger partial charge in [0.1, 0.15) is 0 Å². The fraction of sp³-hybridized carbons (Fsp3) is 0.696. The molecular formula is C23H37N3OS. The zero-order valence-electron chi connectivity index (χ0n) is 17.6. The Morgan fingerprint density at radius 2 is 1.32 bits per heavy atom. The van der Waals surface area contributed by atoms with Gasteiger partial charge in [-0.05, 0) is 18.6 Å². The molecule has 2 aromatic rings. The van der Waals surface area contributed by atoms with Crippen molar-refractivity contribution in [1.29, 1.82) is 0 Å². The third kappa shape index (κ3) is 8.26. The minimum atomic E-state index is 0.714. The Morgan fingerprint density at radius 3 is 1.89 bits per heavy atom. The summed E-state index contributed by atoms with van der Waals surface area (Å²) in [7, 11) is 0. The molecule has 0 fully saturated rings. The number of aromatic nitrogens is 1. The van der Waals surface area contributed by atoms with Gasteiger partial charge >= 0.3 is 0 Å². The SMILES string of the molecule is CCCCCCCCCCCCCCCCn1/c(=N\N=O)sc2ccccc21. The maximum absolute atomic E-state index is 10.6. The highest BCUT2D eigenvalue weighted by atomic mass is 32.1. The second kappa shape index (κ2) is 14.5. The molecule has 0 atom stereocenters. The molecule has 28 heavy (non-hydrogen) atoms. The average Bonchev–Trinajstić information content (AvgIpc) is 3.06. The van der Waals surface area contributed by atoms with Crippen LogP contribution in [0.1, 0.15) is 96.8 Å². The Kier molecular flexibility index (Phi) is 11.8. The molecule has 0 bridgehead atoms. The summed E-state index contributed by atoms with van der Waals surface area (Å²) in [6, 6.07) is 8.23. The molecule has 2 rings (SSSR count). The Bertz CT molecular complexity index is 735. The van der Waals surface area contributed by atoms with Crippen LogP contribution in [0.3, 0.4) is 0 Å². The maximum Gasteiger partial charge on any atom is 0.215 e. The molecule has 0 aliphatic heterocycles. The molecule has 1 aromatic heterocycles. The van der Waals surface area contributed by atoms with Gasteiger partial charge in [0.05, 0.1) is 15.5 Å². The van der Waals surface area contributed by atoms with Gasteiger partial charge in [-0.3, -0.25) is 0 Å². The van der Waals surface area contributed by atoms with Gasteiger partial charge in [0.2, 0.25) is 4.80 Å². The largest absolute Gasteiger partial charge is 0.315 e. The Hall–Kier alpha value is -1.49. The fourth-order valence-corrected chi connectivity index (χ4v) is 4.81. The summed E-state index contributed by atoms with van der Waals surface area (Å²) in [6.45, 7) is 3.19. The van der Waals surface area contributed by atoms with E-state index in [2.05, 4.69) is 34.0 Å². The summed E-state index contributed by atoms with van der Waals surface area (Å²) >= 11 is 1.54. The number of hydrogen-bond donors (Lipinski definition) is 0. The monoisotopic (exact) mass is 403 g/mol. The molecule has 0 radical (unpaired) electrons. The minimum absolute atomic E-state index is 0.714. The highest BCUT2D eigenvalue weighted by molar-refractivity contribution is 7.16. The predicted octanol–water partition coefficient (Wildman–Crippen LogP) is 7.77. The van der Waals surface area contributed by atoms with Gasteiger partial charge in [-0.1, -0.05) is 119 Å². The fourth-order valence-electron chi connectivity index (χ4n) is 3.81. The van der Waals surface area contributed by atoms with Crippen molar-refractivity contribution in [1.82, 2.24) is 4.57 Å². The number of unbranched alkanes of at least 4 members (excludes halogenated alkanes) is 13. The lowest BCUT2D eigenvalue weighted by Gasteiger charge is -2.05. The van der Waals surface area contributed by atoms with Gasteiger partial charge in [-0.2, -0.15) is 0 Å². The van der Waals surface area contributed by atoms with Gasteiger partial charge in [-0.25, -0.2) is 0 Å². The number of benzene rings is 1. The molecule has 156 valence electrons. The van der Waals surface area contributed by atoms with Crippen molar-refractivity contribution in [2.24, 2.45) is 10.4 Å². The van der Waals surface area contributed by atoms with E-state index in [1.54, 1.807) is 0 Å². The third-order valence-corrected chi connectivity index (χ3v) is 6.50. The molecule has 5 heteroatoms. The van der Waals surface area contributed by atoms with Crippen LogP contribution < -0.4 is 4.80 Å². The Balaban J connectivity index is 1.53. The first kappa shape index (κ1) is 22.8. The Morgan fingerprint density at radius 1 is 0.786 bits per heavy atom. The third-order valence-electron chi connectivity index (χ3n) is 5.45. The van der Waals surface area contributed by atoms with Gasteiger partial charge < -0.3 is 4.57 Å². The molecule has 1 aromatic carbocycles. The highest BCUT2D eigenvalue weighted by Gasteiger charge is 2.05. The number of para-hydroxylation sites is 1. The highest BCUT2D eigenvalue weighted by Crippen LogP contribution is 2.18. The van der Waals surface area contributed by atoms with E-state index in [0.29, 0.717) is 4.80 Å². The van der Waals surface area contributed by atoms with E-state index in [1.165, 1.54) is 94.8 Å². The quantitative estimate of drug-likeness (QED) is 0.160. The van der Waals surface area contributed by atoms with Gasteiger partial charge in [0.25, 0.3) is 0 Å². The average molecular weight is 404 g/mol. The topological polar surface area (TPSA) is 46.7 Å². The molecule has 0 unspecified atom stereocenters. The lowest BCUT2D eigenvalue weighted by molar-refractivity contribution is 0.524. The number of nitroso groups, excluding NO2 is 1. The van der Waals surface area contributed by atoms with Gasteiger partial charge in [0, 0.05) is 6.54 Å². The molecule has 4 nitrogen and oxygen atoms in total. The molecule has 1 heterocycles. The van der Waals surface area contributed by atoms with Crippen LogP contribution in [0.5, 0.6) is 0 Å². The zero-order chi connectivity index (χ0) is 19.9. The van der Waals surface area contributed by atoms with E-state index >= 15 is 0 Å². The van der Waals surface area contributed by atoms with E-state index in [9.17, 15) is 4.91 Å². The normalized spacial score (nSPS) is 12.1. The lowest BCUT2D eigenvalue weighted by atomic mass is 10.0. The zero-order valence-corrected chi connectivity index (χ0v) is 18.4. The lowest BCUT2D eigenvalue weighted by Crippen LogP contribution is -2.14. The van der Waals surface area contributed by atoms with Crippen LogP contribution in [-0.4, -0.2) is 4.57 Å². The van der Waals surface area contributed by atoms with E-state index in [-0.39, 0.29) is 0 Å². The van der Waals surface area contributed by atoms with Gasteiger partial charge in [-0.15, -0.1) is 4.91 Å². The van der Waals surface area contributed by atoms with E-state index < -0.39 is 0 Å². The molecule has 0 amide bonds. The van der Waals surface area contributed by atoms with Crippen LogP contribution in [0.4, 0.5) is 0 Å². The summed E-state index contributed by atoms with van der Waals surface area (Å²) in [5.41, 5.74) is 1.16. The molecule has 0 saturated heterocycles. The number of fused-ring (bicyclic) bond motifs is 1. The van der Waals surface area contributed by atoms with E-state index in [0.717, 1.165) is 23.2 Å². The second-order valence-electron chi connectivity index (χ2n) is 7.78. The first-order chi connectivity index (χ1) is 13.9. The summed E-state index contributed by atoms with van der Waals surface area (Å²) in [5, 5.41) is 6.52. The molecule has 0 aliphatic rings. The predicted molar refractivity (Wildman–Crippen MR) is 121 cm³/mol. The maximum atomic E-state index is 10.6. The Labute approximate surface area is 174 Å². The molecule has 0 spiro atoms. The molecule has 0 saturated carbocycles. The van der Waals surface area contributed by atoms with E-state index in [4.69, 9.17) is 0 Å². The second-order valence-corrected chi connectivity index (χ2v) is 8.79. The summed E-state index contributed by atoms with van der Waals surface area (Å²) in [5.74, 6) is 0. The summed E-state index contributed by atoms with van der Waals surface area (Å²) < 4.78 is 3.30. The number of nitrogens with zero attached hydrogens (tertiary/aromatic N) is 3. The van der Waals surface area contributed by atoms with Crippen LogP contribution in [-0.2, 0) is 6.54 Å².